The first-order valence-electron chi connectivity index (χ1n) is 27.7. The van der Waals surface area contributed by atoms with Crippen molar-refractivity contribution in [1.29, 1.82) is 0 Å². The maximum Gasteiger partial charge on any atom is 0.276 e. The monoisotopic (exact) mass is 1600 g/mol. The molecule has 1 N–H and O–H groups in total. The molecule has 3 aliphatic carbocycles. The third-order valence-electron chi connectivity index (χ3n) is 14.8. The fraction of sp³-hybridized carbons (Fsp3) is 0.523. The van der Waals surface area contributed by atoms with Crippen molar-refractivity contribution in [3.05, 3.63) is 160 Å². The molecule has 7 aromatic rings. The van der Waals surface area contributed by atoms with Gasteiger partial charge >= 0.3 is 0 Å². The Morgan fingerprint density at radius 3 is 2.13 bits per heavy atom. The average molecular weight is 1600 g/mol. The Morgan fingerprint density at radius 2 is 1.53 bits per heavy atom. The smallest absolute Gasteiger partial charge is 0.276 e. The van der Waals surface area contributed by atoms with Crippen LogP contribution in [0, 0.1) is 48.3 Å². The minimum Gasteiger partial charge on any atom is -0.458 e. The number of para-hydroxylation sites is 1. The fourth-order valence-electron chi connectivity index (χ4n) is 9.75. The number of pyridine rings is 1. The summed E-state index contributed by atoms with van der Waals surface area (Å²) in [6.07, 6.45) is 17.4. The van der Waals surface area contributed by atoms with E-state index in [0.717, 1.165) is 88.7 Å². The summed E-state index contributed by atoms with van der Waals surface area (Å²) >= 11 is 3.03. The largest absolute Gasteiger partial charge is 0.458 e. The summed E-state index contributed by atoms with van der Waals surface area (Å²) in [5.41, 5.74) is 8.51. The number of aromatic nitrogens is 5. The molecule has 4 aromatic heterocycles. The van der Waals surface area contributed by atoms with Crippen LogP contribution < -0.4 is 4.74 Å². The van der Waals surface area contributed by atoms with E-state index in [-0.39, 0.29) is 88.0 Å². The van der Waals surface area contributed by atoms with Gasteiger partial charge in [-0.15, -0.1) is 47.5 Å². The van der Waals surface area contributed by atoms with Gasteiger partial charge in [-0.2, -0.15) is 58.0 Å². The van der Waals surface area contributed by atoms with Crippen LogP contribution in [0.25, 0.3) is 10.6 Å². The van der Waals surface area contributed by atoms with Crippen LogP contribution in [0.1, 0.15) is 217 Å². The molecule has 3 saturated carbocycles. The summed E-state index contributed by atoms with van der Waals surface area (Å²) < 4.78 is 15.5. The third-order valence-corrected chi connectivity index (χ3v) is 16.3. The topological polar surface area (TPSA) is 107 Å². The summed E-state index contributed by atoms with van der Waals surface area (Å²) in [4.78, 5) is 17.9. The first kappa shape index (κ1) is 72.5. The Bertz CT molecular complexity index is 2800. The Hall–Kier alpha value is -2.58. The zero-order valence-electron chi connectivity index (χ0n) is 49.0. The average Bonchev–Trinajstić information content (AvgIpc) is 4.19. The molecule has 0 saturated heterocycles. The van der Waals surface area contributed by atoms with Crippen molar-refractivity contribution in [3.63, 3.8) is 0 Å². The summed E-state index contributed by atoms with van der Waals surface area (Å²) in [6.45, 7) is 29.8. The van der Waals surface area contributed by atoms with Crippen molar-refractivity contribution in [2.75, 3.05) is 0 Å². The maximum absolute atomic E-state index is 9.85. The van der Waals surface area contributed by atoms with Gasteiger partial charge < -0.3 is 14.3 Å². The molecule has 0 aliphatic heterocycles. The number of aliphatic hydroxyl groups is 1. The van der Waals surface area contributed by atoms with Crippen LogP contribution in [0.4, 0.5) is 0 Å². The molecule has 8 nitrogen and oxygen atoms in total. The number of hydrogen-bond donors (Lipinski definition) is 1. The van der Waals surface area contributed by atoms with Gasteiger partial charge in [0, 0.05) is 113 Å². The molecule has 14 heteroatoms. The van der Waals surface area contributed by atoms with E-state index in [1.54, 1.807) is 26.3 Å². The van der Waals surface area contributed by atoms with Crippen LogP contribution in [0.3, 0.4) is 0 Å². The number of hydrogen-bond acceptors (Lipinski definition) is 10. The third kappa shape index (κ3) is 22.8. The first-order valence-corrected chi connectivity index (χ1v) is 29.3. The van der Waals surface area contributed by atoms with Crippen LogP contribution >= 0.6 is 22.9 Å². The second-order valence-electron chi connectivity index (χ2n) is 23.7. The number of nitrogens with zero attached hydrogens (tertiary/aromatic N) is 5. The molecule has 2 bridgehead atoms. The summed E-state index contributed by atoms with van der Waals surface area (Å²) in [5.74, 6) is 6.87. The number of benzene rings is 3. The van der Waals surface area contributed by atoms with Crippen LogP contribution in [-0.4, -0.2) is 29.4 Å². The Morgan fingerprint density at radius 1 is 0.823 bits per heavy atom. The Labute approximate surface area is 534 Å². The van der Waals surface area contributed by atoms with E-state index >= 15 is 0 Å². The zero-order valence-corrected chi connectivity index (χ0v) is 57.9. The van der Waals surface area contributed by atoms with E-state index in [2.05, 4.69) is 154 Å². The SMILES string of the molecule is CC(C)(C)Cc1ccnc(C(C)(C)O)c1.CCC(C)c1cc[c-]c(-c2nc(CCCC(C)C)ns2)c1.CCC(C)c1csc(Oc2[c-]cccc2)n1.Cc1nc(C(C)(C)c2[c-]ccc(C3CC4CCC3CC4)c2)co1.[Ir].[Ni].[Pt].[Rh]. The molecule has 3 fully saturated rings. The van der Waals surface area contributed by atoms with Gasteiger partial charge in [-0.05, 0) is 111 Å². The van der Waals surface area contributed by atoms with Gasteiger partial charge in [0.05, 0.1) is 22.1 Å². The predicted octanol–water partition coefficient (Wildman–Crippen LogP) is 18.0. The number of ether oxygens (including phenoxy) is 1. The molecule has 3 aromatic carbocycles. The van der Waals surface area contributed by atoms with Crippen molar-refractivity contribution < 1.29 is 91.4 Å². The molecule has 0 spiro atoms. The molecule has 442 valence electrons. The van der Waals surface area contributed by atoms with Gasteiger partial charge in [-0.3, -0.25) is 9.97 Å². The fourth-order valence-corrected chi connectivity index (χ4v) is 11.2. The van der Waals surface area contributed by atoms with Gasteiger partial charge in [-0.1, -0.05) is 125 Å². The van der Waals surface area contributed by atoms with Crippen LogP contribution in [0.15, 0.2) is 95.1 Å². The summed E-state index contributed by atoms with van der Waals surface area (Å²) in [7, 11) is 0. The molecular formula is C65H86IrN5NiO3PtRhS2-3. The molecule has 0 amide bonds. The van der Waals surface area contributed by atoms with Gasteiger partial charge in [0.2, 0.25) is 0 Å². The molecule has 2 radical (unpaired) electrons. The molecule has 79 heavy (non-hydrogen) atoms. The molecule has 3 unspecified atom stereocenters. The molecule has 3 aliphatic rings. The first-order chi connectivity index (χ1) is 35.6. The quantitative estimate of drug-likeness (QED) is 0.0753. The van der Waals surface area contributed by atoms with Crippen molar-refractivity contribution in [1.82, 2.24) is 24.3 Å². The number of oxazole rings is 1. The van der Waals surface area contributed by atoms with Crippen LogP contribution in [0.5, 0.6) is 10.9 Å². The predicted molar refractivity (Wildman–Crippen MR) is 311 cm³/mol. The van der Waals surface area contributed by atoms with Crippen molar-refractivity contribution in [3.8, 4) is 21.5 Å². The van der Waals surface area contributed by atoms with E-state index in [9.17, 15) is 5.11 Å². The van der Waals surface area contributed by atoms with E-state index in [1.165, 1.54) is 90.1 Å². The second kappa shape index (κ2) is 34.3. The Kier molecular flexibility index (Phi) is 31.5. The van der Waals surface area contributed by atoms with Crippen molar-refractivity contribution in [2.24, 2.45) is 23.2 Å². The van der Waals surface area contributed by atoms with Crippen LogP contribution in [0.2, 0.25) is 0 Å². The standard InChI is InChI=1S/C21H26NO.C18H25N2S.C13H14NOS.C13H21NO.Ir.Ni.Pt.Rh/c1-14-22-20(13-23-14)21(2,3)18-6-4-5-17(12-18)19-11-15-7-9-16(19)10-8-15;1-5-14(4)15-9-7-10-16(12-15)18-19-17(20-21-18)11-6-8-13(2)3;1-3-10(2)12-9-16-13(14-12)15-11-7-5-4-6-8-11;1-12(2,3)9-10-6-7-14-11(8-10)13(4,5)15;;;;/h4-5,12-13,15-16,19H,7-11H2,1-3H3;7,9,12-14H,5-6,8,11H2,1-4H3;4-7,9-10H,3H2,1-2H3;6-8,15H,9H2,1-5H3;;;;/q3*-1;;;;;. The minimum absolute atomic E-state index is 0. The normalized spacial score (nSPS) is 16.3. The van der Waals surface area contributed by atoms with E-state index < -0.39 is 5.60 Å². The summed E-state index contributed by atoms with van der Waals surface area (Å²) in [6, 6.07) is 34.5. The van der Waals surface area contributed by atoms with E-state index in [4.69, 9.17) is 9.15 Å². The van der Waals surface area contributed by atoms with Crippen molar-refractivity contribution in [2.45, 2.75) is 196 Å². The molecule has 3 atom stereocenters. The zero-order chi connectivity index (χ0) is 54.3. The number of thiazole rings is 1. The minimum atomic E-state index is -0.853. The van der Waals surface area contributed by atoms with Gasteiger partial charge in [0.15, 0.2) is 5.89 Å². The second-order valence-corrected chi connectivity index (χ2v) is 25.3. The molecule has 10 rings (SSSR count). The Balaban J connectivity index is 0.000000359. The van der Waals surface area contributed by atoms with Crippen LogP contribution in [-0.2, 0) is 101 Å². The molecule has 4 heterocycles. The van der Waals surface area contributed by atoms with Gasteiger partial charge in [0.1, 0.15) is 17.7 Å². The van der Waals surface area contributed by atoms with Crippen molar-refractivity contribution >= 4 is 22.9 Å². The van der Waals surface area contributed by atoms with Gasteiger partial charge in [-0.25, -0.2) is 9.97 Å². The number of fused-ring (bicyclic) bond motifs is 3. The maximum atomic E-state index is 9.85. The number of aryl methyl sites for hydroxylation is 2. The number of rotatable bonds is 16. The molecular weight excluding hydrogens is 1510 g/mol. The van der Waals surface area contributed by atoms with Gasteiger partial charge in [0.25, 0.3) is 5.19 Å². The van der Waals surface area contributed by atoms with E-state index in [1.807, 2.05) is 49.4 Å². The van der Waals surface area contributed by atoms with E-state index in [0.29, 0.717) is 22.8 Å². The summed E-state index contributed by atoms with van der Waals surface area (Å²) in [5, 5.41) is 13.6.